The van der Waals surface area contributed by atoms with Gasteiger partial charge in [-0.1, -0.05) is 36.4 Å². The molecule has 0 saturated carbocycles. The monoisotopic (exact) mass is 378 g/mol. The van der Waals surface area contributed by atoms with Gasteiger partial charge in [0.1, 0.15) is 0 Å². The maximum Gasteiger partial charge on any atom is 0.0605 e. The van der Waals surface area contributed by atoms with Crippen molar-refractivity contribution in [3.63, 3.8) is 0 Å². The quantitative estimate of drug-likeness (QED) is 0.655. The van der Waals surface area contributed by atoms with Crippen LogP contribution in [0.1, 0.15) is 67.3 Å². The van der Waals surface area contributed by atoms with Crippen LogP contribution in [0.5, 0.6) is 0 Å². The molecule has 2 unspecified atom stereocenters. The molecular formula is C24H34N4. The topological polar surface area (TPSA) is 63.0 Å². The first kappa shape index (κ1) is 19.6. The van der Waals surface area contributed by atoms with Gasteiger partial charge in [0.2, 0.25) is 0 Å². The first-order valence-electron chi connectivity index (χ1n) is 11.0. The Morgan fingerprint density at radius 1 is 1.18 bits per heavy atom. The lowest BCUT2D eigenvalue weighted by Crippen LogP contribution is -2.39. The van der Waals surface area contributed by atoms with Gasteiger partial charge in [0, 0.05) is 30.9 Å². The fraction of sp³-hybridized carbons (Fsp3) is 0.542. The van der Waals surface area contributed by atoms with Gasteiger partial charge in [-0.25, -0.2) is 0 Å². The molecule has 0 bridgehead atoms. The average Bonchev–Trinajstić information content (AvgIpc) is 3.21. The van der Waals surface area contributed by atoms with Crippen molar-refractivity contribution in [1.82, 2.24) is 15.6 Å². The molecule has 1 aliphatic heterocycles. The van der Waals surface area contributed by atoms with E-state index in [0.29, 0.717) is 24.0 Å². The van der Waals surface area contributed by atoms with E-state index in [0.717, 1.165) is 32.4 Å². The van der Waals surface area contributed by atoms with Gasteiger partial charge in [0.15, 0.2) is 0 Å². The highest BCUT2D eigenvalue weighted by Gasteiger charge is 2.29. The Morgan fingerprint density at radius 2 is 2.07 bits per heavy atom. The molecule has 1 aliphatic carbocycles. The summed E-state index contributed by atoms with van der Waals surface area (Å²) in [7, 11) is 0. The molecule has 150 valence electrons. The Labute approximate surface area is 169 Å². The van der Waals surface area contributed by atoms with Crippen molar-refractivity contribution in [2.45, 2.75) is 69.0 Å². The average molecular weight is 379 g/mol. The number of aryl methyl sites for hydroxylation is 1. The van der Waals surface area contributed by atoms with E-state index in [-0.39, 0.29) is 0 Å². The molecule has 1 aromatic heterocycles. The number of hydrogen-bond acceptors (Lipinski definition) is 4. The predicted octanol–water partition coefficient (Wildman–Crippen LogP) is 3.69. The molecule has 28 heavy (non-hydrogen) atoms. The van der Waals surface area contributed by atoms with Gasteiger partial charge in [-0.2, -0.15) is 0 Å². The van der Waals surface area contributed by atoms with E-state index in [9.17, 15) is 0 Å². The van der Waals surface area contributed by atoms with Crippen LogP contribution in [0.3, 0.4) is 0 Å². The van der Waals surface area contributed by atoms with E-state index in [4.69, 9.17) is 10.7 Å². The minimum Gasteiger partial charge on any atom is -0.330 e. The summed E-state index contributed by atoms with van der Waals surface area (Å²) in [6, 6.07) is 16.7. The number of rotatable bonds is 8. The van der Waals surface area contributed by atoms with Crippen molar-refractivity contribution in [3.05, 3.63) is 65.5 Å². The molecule has 4 atom stereocenters. The highest BCUT2D eigenvalue weighted by Crippen LogP contribution is 2.31. The Bertz CT molecular complexity index is 732. The van der Waals surface area contributed by atoms with Gasteiger partial charge < -0.3 is 16.4 Å². The predicted molar refractivity (Wildman–Crippen MR) is 115 cm³/mol. The van der Waals surface area contributed by atoms with E-state index in [1.54, 1.807) is 0 Å². The molecule has 4 rings (SSSR count). The van der Waals surface area contributed by atoms with Crippen molar-refractivity contribution in [1.29, 1.82) is 0 Å². The molecule has 2 heterocycles. The summed E-state index contributed by atoms with van der Waals surface area (Å²) in [6.45, 7) is 1.86. The Balaban J connectivity index is 1.39. The summed E-state index contributed by atoms with van der Waals surface area (Å²) in [4.78, 5) is 4.71. The molecule has 2 aliphatic rings. The molecular weight excluding hydrogens is 344 g/mol. The van der Waals surface area contributed by atoms with Crippen LogP contribution in [0, 0.1) is 0 Å². The number of pyridine rings is 1. The fourth-order valence-corrected chi connectivity index (χ4v) is 5.01. The zero-order valence-corrected chi connectivity index (χ0v) is 16.8. The number of fused-ring (bicyclic) bond motifs is 1. The standard InChI is InChI=1S/C24H34N4/c25-13-5-11-21(28-23-12-4-9-19-10-6-14-26-24(19)23)16-22-15-20(17-27-22)18-7-2-1-3-8-18/h1-3,6-8,10,14,20-23,27-28H,4-5,9,11-13,15-17,25H2/t20?,21?,22-,23+/m1/s1. The van der Waals surface area contributed by atoms with Crippen LogP contribution in [-0.2, 0) is 6.42 Å². The molecule has 0 spiro atoms. The van der Waals surface area contributed by atoms with E-state index < -0.39 is 0 Å². The van der Waals surface area contributed by atoms with Crippen LogP contribution in [0.4, 0.5) is 0 Å². The van der Waals surface area contributed by atoms with Gasteiger partial charge in [0.05, 0.1) is 5.69 Å². The fourth-order valence-electron chi connectivity index (χ4n) is 5.01. The minimum absolute atomic E-state index is 0.388. The van der Waals surface area contributed by atoms with E-state index in [2.05, 4.69) is 53.1 Å². The zero-order chi connectivity index (χ0) is 19.2. The largest absolute Gasteiger partial charge is 0.330 e. The number of nitrogens with zero attached hydrogens (tertiary/aromatic N) is 1. The second-order valence-electron chi connectivity index (χ2n) is 8.47. The maximum atomic E-state index is 5.84. The molecule has 0 amide bonds. The summed E-state index contributed by atoms with van der Waals surface area (Å²) < 4.78 is 0. The van der Waals surface area contributed by atoms with Gasteiger partial charge in [-0.3, -0.25) is 4.98 Å². The van der Waals surface area contributed by atoms with E-state index in [1.807, 2.05) is 6.20 Å². The van der Waals surface area contributed by atoms with Crippen LogP contribution in [0.2, 0.25) is 0 Å². The van der Waals surface area contributed by atoms with Gasteiger partial charge in [-0.15, -0.1) is 0 Å². The Morgan fingerprint density at radius 3 is 2.93 bits per heavy atom. The Kier molecular flexibility index (Phi) is 6.73. The normalized spacial score (nSPS) is 25.4. The number of benzene rings is 1. The number of nitrogens with two attached hydrogens (primary N) is 1. The zero-order valence-electron chi connectivity index (χ0n) is 16.8. The third-order valence-electron chi connectivity index (χ3n) is 6.45. The lowest BCUT2D eigenvalue weighted by atomic mass is 9.89. The second-order valence-corrected chi connectivity index (χ2v) is 8.47. The molecule has 1 saturated heterocycles. The lowest BCUT2D eigenvalue weighted by molar-refractivity contribution is 0.331. The highest BCUT2D eigenvalue weighted by molar-refractivity contribution is 5.25. The summed E-state index contributed by atoms with van der Waals surface area (Å²) in [5.74, 6) is 0.637. The first-order chi connectivity index (χ1) is 13.8. The Hall–Kier alpha value is -1.75. The van der Waals surface area contributed by atoms with Gasteiger partial charge in [-0.05, 0) is 74.6 Å². The van der Waals surface area contributed by atoms with Crippen LogP contribution in [-0.4, -0.2) is 30.2 Å². The van der Waals surface area contributed by atoms with E-state index in [1.165, 1.54) is 42.5 Å². The summed E-state index contributed by atoms with van der Waals surface area (Å²) >= 11 is 0. The summed E-state index contributed by atoms with van der Waals surface area (Å²) in [6.07, 6.45) is 10.2. The molecule has 0 radical (unpaired) electrons. The molecule has 1 fully saturated rings. The number of aromatic nitrogens is 1. The minimum atomic E-state index is 0.388. The van der Waals surface area contributed by atoms with Crippen molar-refractivity contribution < 1.29 is 0 Å². The van der Waals surface area contributed by atoms with Crippen LogP contribution in [0.15, 0.2) is 48.7 Å². The highest BCUT2D eigenvalue weighted by atomic mass is 15.0. The summed E-state index contributed by atoms with van der Waals surface area (Å²) in [5, 5.41) is 7.75. The lowest BCUT2D eigenvalue weighted by Gasteiger charge is -2.31. The molecule has 4 heteroatoms. The SMILES string of the molecule is NCCCC(C[C@H]1CC(c2ccccc2)CN1)N[C@H]1CCCc2cccnc21. The smallest absolute Gasteiger partial charge is 0.0605 e. The van der Waals surface area contributed by atoms with Crippen LogP contribution < -0.4 is 16.4 Å². The number of hydrogen-bond donors (Lipinski definition) is 3. The molecule has 4 N–H and O–H groups in total. The van der Waals surface area contributed by atoms with Crippen molar-refractivity contribution >= 4 is 0 Å². The van der Waals surface area contributed by atoms with E-state index >= 15 is 0 Å². The molecule has 2 aromatic rings. The number of nitrogens with one attached hydrogen (secondary N) is 2. The molecule has 4 nitrogen and oxygen atoms in total. The van der Waals surface area contributed by atoms with Crippen molar-refractivity contribution in [2.75, 3.05) is 13.1 Å². The van der Waals surface area contributed by atoms with Crippen LogP contribution >= 0.6 is 0 Å². The third kappa shape index (κ3) is 4.80. The molecule has 1 aromatic carbocycles. The third-order valence-corrected chi connectivity index (χ3v) is 6.45. The van der Waals surface area contributed by atoms with Gasteiger partial charge in [0.25, 0.3) is 0 Å². The summed E-state index contributed by atoms with van der Waals surface area (Å²) in [5.41, 5.74) is 10.00. The maximum absolute atomic E-state index is 5.84. The van der Waals surface area contributed by atoms with Crippen LogP contribution in [0.25, 0.3) is 0 Å². The van der Waals surface area contributed by atoms with Crippen molar-refractivity contribution in [3.8, 4) is 0 Å². The van der Waals surface area contributed by atoms with Crippen molar-refractivity contribution in [2.24, 2.45) is 5.73 Å². The second kappa shape index (κ2) is 9.64. The van der Waals surface area contributed by atoms with Gasteiger partial charge >= 0.3 is 0 Å². The first-order valence-corrected chi connectivity index (χ1v) is 11.0.